The number of piperidine rings is 1. The van der Waals surface area contributed by atoms with Gasteiger partial charge in [-0.2, -0.15) is 0 Å². The number of likely N-dealkylation sites (tertiary alicyclic amines) is 2. The molecule has 2 aliphatic heterocycles. The molecule has 4 nitrogen and oxygen atoms in total. The smallest absolute Gasteiger partial charge is 0.240 e. The Kier molecular flexibility index (Phi) is 3.70. The number of rotatable bonds is 2. The van der Waals surface area contributed by atoms with E-state index in [1.165, 1.54) is 0 Å². The summed E-state index contributed by atoms with van der Waals surface area (Å²) in [5.74, 6) is 0.316. The third-order valence-corrected chi connectivity index (χ3v) is 4.62. The molecule has 2 rings (SSSR count). The molecule has 0 spiro atoms. The van der Waals surface area contributed by atoms with E-state index in [0.29, 0.717) is 11.9 Å². The lowest BCUT2D eigenvalue weighted by Crippen LogP contribution is -2.56. The highest BCUT2D eigenvalue weighted by Gasteiger charge is 2.42. The average Bonchev–Trinajstić information content (AvgIpc) is 2.64. The topological polar surface area (TPSA) is 49.6 Å². The predicted molar refractivity (Wildman–Crippen MR) is 73.2 cm³/mol. The number of hydrogen-bond donors (Lipinski definition) is 1. The van der Waals surface area contributed by atoms with Gasteiger partial charge in [0.2, 0.25) is 5.91 Å². The highest BCUT2D eigenvalue weighted by atomic mass is 16.2. The molecule has 0 aromatic rings. The van der Waals surface area contributed by atoms with Crippen molar-refractivity contribution in [3.63, 3.8) is 0 Å². The second-order valence-electron chi connectivity index (χ2n) is 6.78. The summed E-state index contributed by atoms with van der Waals surface area (Å²) >= 11 is 0. The lowest BCUT2D eigenvalue weighted by atomic mass is 9.79. The number of amides is 1. The average molecular weight is 253 g/mol. The second-order valence-corrected chi connectivity index (χ2v) is 6.78. The summed E-state index contributed by atoms with van der Waals surface area (Å²) < 4.78 is 0. The Morgan fingerprint density at radius 2 is 1.94 bits per heavy atom. The number of nitrogens with two attached hydrogens (primary N) is 1. The summed E-state index contributed by atoms with van der Waals surface area (Å²) in [7, 11) is 0. The number of hydrogen-bond acceptors (Lipinski definition) is 3. The van der Waals surface area contributed by atoms with Gasteiger partial charge in [0.15, 0.2) is 0 Å². The fourth-order valence-electron chi connectivity index (χ4n) is 3.22. The molecule has 2 aliphatic rings. The SMILES string of the molecule is CC(C)N1CCC(N2CCC(N)C(C)(C)C2)C1=O. The normalized spacial score (nSPS) is 33.4. The van der Waals surface area contributed by atoms with Crippen LogP contribution in [0.15, 0.2) is 0 Å². The van der Waals surface area contributed by atoms with Gasteiger partial charge in [-0.3, -0.25) is 9.69 Å². The van der Waals surface area contributed by atoms with E-state index in [1.54, 1.807) is 0 Å². The summed E-state index contributed by atoms with van der Waals surface area (Å²) in [4.78, 5) is 16.8. The van der Waals surface area contributed by atoms with Crippen molar-refractivity contribution in [3.05, 3.63) is 0 Å². The molecule has 2 heterocycles. The lowest BCUT2D eigenvalue weighted by molar-refractivity contribution is -0.134. The Bertz CT molecular complexity index is 327. The van der Waals surface area contributed by atoms with Crippen LogP contribution < -0.4 is 5.73 Å². The van der Waals surface area contributed by atoms with Crippen molar-refractivity contribution in [3.8, 4) is 0 Å². The highest BCUT2D eigenvalue weighted by molar-refractivity contribution is 5.84. The van der Waals surface area contributed by atoms with Gasteiger partial charge in [-0.1, -0.05) is 13.8 Å². The summed E-state index contributed by atoms with van der Waals surface area (Å²) in [6.45, 7) is 11.4. The van der Waals surface area contributed by atoms with Crippen LogP contribution >= 0.6 is 0 Å². The first-order valence-corrected chi connectivity index (χ1v) is 7.13. The van der Waals surface area contributed by atoms with Crippen LogP contribution in [0.25, 0.3) is 0 Å². The molecule has 4 heteroatoms. The van der Waals surface area contributed by atoms with E-state index in [4.69, 9.17) is 5.73 Å². The van der Waals surface area contributed by atoms with E-state index in [-0.39, 0.29) is 17.5 Å². The largest absolute Gasteiger partial charge is 0.339 e. The van der Waals surface area contributed by atoms with Crippen molar-refractivity contribution >= 4 is 5.91 Å². The molecule has 1 amide bonds. The molecule has 2 N–H and O–H groups in total. The van der Waals surface area contributed by atoms with Gasteiger partial charge < -0.3 is 10.6 Å². The van der Waals surface area contributed by atoms with Crippen LogP contribution in [0.3, 0.4) is 0 Å². The lowest BCUT2D eigenvalue weighted by Gasteiger charge is -2.44. The summed E-state index contributed by atoms with van der Waals surface area (Å²) in [5, 5.41) is 0. The molecule has 0 aliphatic carbocycles. The van der Waals surface area contributed by atoms with Crippen LogP contribution in [0.2, 0.25) is 0 Å². The van der Waals surface area contributed by atoms with Gasteiger partial charge in [0, 0.05) is 31.7 Å². The Morgan fingerprint density at radius 1 is 1.28 bits per heavy atom. The van der Waals surface area contributed by atoms with Crippen molar-refractivity contribution in [2.45, 2.75) is 58.7 Å². The van der Waals surface area contributed by atoms with Crippen LogP contribution in [0.1, 0.15) is 40.5 Å². The first-order chi connectivity index (χ1) is 8.33. The first-order valence-electron chi connectivity index (χ1n) is 7.13. The summed E-state index contributed by atoms with van der Waals surface area (Å²) in [5.41, 5.74) is 6.28. The Balaban J connectivity index is 2.04. The molecule has 2 unspecified atom stereocenters. The monoisotopic (exact) mass is 253 g/mol. The Labute approximate surface area is 110 Å². The van der Waals surface area contributed by atoms with Gasteiger partial charge >= 0.3 is 0 Å². The maximum absolute atomic E-state index is 12.4. The van der Waals surface area contributed by atoms with E-state index in [0.717, 1.165) is 32.5 Å². The van der Waals surface area contributed by atoms with Crippen LogP contribution in [0, 0.1) is 5.41 Å². The third kappa shape index (κ3) is 2.41. The van der Waals surface area contributed by atoms with Crippen LogP contribution in [0.5, 0.6) is 0 Å². The molecule has 2 saturated heterocycles. The van der Waals surface area contributed by atoms with E-state index in [2.05, 4.69) is 32.6 Å². The van der Waals surface area contributed by atoms with Gasteiger partial charge in [0.1, 0.15) is 0 Å². The van der Waals surface area contributed by atoms with Gasteiger partial charge in [0.25, 0.3) is 0 Å². The maximum atomic E-state index is 12.4. The Morgan fingerprint density at radius 3 is 2.44 bits per heavy atom. The van der Waals surface area contributed by atoms with Crippen molar-refractivity contribution in [2.24, 2.45) is 11.1 Å². The highest BCUT2D eigenvalue weighted by Crippen LogP contribution is 2.31. The minimum atomic E-state index is 0.0965. The molecule has 0 radical (unpaired) electrons. The number of nitrogens with zero attached hydrogens (tertiary/aromatic N) is 2. The van der Waals surface area contributed by atoms with Crippen molar-refractivity contribution in [1.29, 1.82) is 0 Å². The summed E-state index contributed by atoms with van der Waals surface area (Å²) in [6, 6.07) is 0.674. The van der Waals surface area contributed by atoms with E-state index in [1.807, 2.05) is 4.90 Å². The van der Waals surface area contributed by atoms with E-state index >= 15 is 0 Å². The van der Waals surface area contributed by atoms with Gasteiger partial charge in [-0.05, 0) is 32.1 Å². The third-order valence-electron chi connectivity index (χ3n) is 4.62. The zero-order valence-corrected chi connectivity index (χ0v) is 12.1. The standard InChI is InChI=1S/C14H27N3O/c1-10(2)17-8-5-11(13(17)18)16-7-6-12(15)14(3,4)9-16/h10-12H,5-9,15H2,1-4H3. The van der Waals surface area contributed by atoms with Gasteiger partial charge in [0.05, 0.1) is 6.04 Å². The van der Waals surface area contributed by atoms with Crippen molar-refractivity contribution in [2.75, 3.05) is 19.6 Å². The van der Waals surface area contributed by atoms with E-state index in [9.17, 15) is 4.79 Å². The molecule has 104 valence electrons. The quantitative estimate of drug-likeness (QED) is 0.800. The molecule has 0 saturated carbocycles. The van der Waals surface area contributed by atoms with Crippen molar-refractivity contribution in [1.82, 2.24) is 9.80 Å². The molecule has 2 fully saturated rings. The maximum Gasteiger partial charge on any atom is 0.240 e. The first kappa shape index (κ1) is 13.8. The fourth-order valence-corrected chi connectivity index (χ4v) is 3.22. The second kappa shape index (κ2) is 4.82. The van der Waals surface area contributed by atoms with Crippen molar-refractivity contribution < 1.29 is 4.79 Å². The molecule has 0 aromatic heterocycles. The summed E-state index contributed by atoms with van der Waals surface area (Å²) in [6.07, 6.45) is 1.97. The number of carbonyl (C=O) groups is 1. The zero-order chi connectivity index (χ0) is 13.5. The molecule has 0 aromatic carbocycles. The van der Waals surface area contributed by atoms with Crippen LogP contribution in [0.4, 0.5) is 0 Å². The minimum absolute atomic E-state index is 0.0965. The predicted octanol–water partition coefficient (Wildman–Crippen LogP) is 1.05. The van der Waals surface area contributed by atoms with Crippen LogP contribution in [-0.4, -0.2) is 53.5 Å². The zero-order valence-electron chi connectivity index (χ0n) is 12.1. The van der Waals surface area contributed by atoms with Gasteiger partial charge in [-0.25, -0.2) is 0 Å². The molecular formula is C14H27N3O. The molecule has 2 atom stereocenters. The fraction of sp³-hybridized carbons (Fsp3) is 0.929. The van der Waals surface area contributed by atoms with Crippen LogP contribution in [-0.2, 0) is 4.79 Å². The van der Waals surface area contributed by atoms with Gasteiger partial charge in [-0.15, -0.1) is 0 Å². The molecule has 18 heavy (non-hydrogen) atoms. The number of carbonyl (C=O) groups excluding carboxylic acids is 1. The van der Waals surface area contributed by atoms with E-state index < -0.39 is 0 Å². The molecular weight excluding hydrogens is 226 g/mol. The molecule has 0 bridgehead atoms. The Hall–Kier alpha value is -0.610. The minimum Gasteiger partial charge on any atom is -0.339 e.